The van der Waals surface area contributed by atoms with Gasteiger partial charge in [-0.2, -0.15) is 0 Å². The maximum Gasteiger partial charge on any atom is 0.356 e. The number of rotatable bonds is 5. The minimum atomic E-state index is 0.149. The molecule has 0 aliphatic heterocycles. The lowest BCUT2D eigenvalue weighted by Gasteiger charge is -1.96. The number of nitrogens with one attached hydrogen (secondary N) is 2. The fourth-order valence-corrected chi connectivity index (χ4v) is 0.524. The predicted octanol–water partition coefficient (Wildman–Crippen LogP) is 0.318. The van der Waals surface area contributed by atoms with Crippen molar-refractivity contribution in [3.63, 3.8) is 0 Å². The first kappa shape index (κ1) is 11.8. The predicted molar refractivity (Wildman–Crippen MR) is 59.4 cm³/mol. The number of nitrogens with zero attached hydrogens (tertiary/aromatic N) is 1. The van der Waals surface area contributed by atoms with Crippen LogP contribution in [0, 0.1) is 0 Å². The van der Waals surface area contributed by atoms with E-state index >= 15 is 0 Å². The molecule has 0 atom stereocenters. The smallest absolute Gasteiger partial charge is 0.356 e. The fraction of sp³-hybridized carbons (Fsp3) is 0.375. The van der Waals surface area contributed by atoms with Gasteiger partial charge in [-0.15, -0.1) is 0 Å². The van der Waals surface area contributed by atoms with E-state index in [0.29, 0.717) is 0 Å². The van der Waals surface area contributed by atoms with Crippen molar-refractivity contribution in [2.75, 3.05) is 7.05 Å². The summed E-state index contributed by atoms with van der Waals surface area (Å²) in [5, 5.41) is 5.96. The van der Waals surface area contributed by atoms with Crippen molar-refractivity contribution in [2.24, 2.45) is 10.6 Å². The molecular formula is C8H17BN4. The molecule has 0 unspecified atom stereocenters. The maximum absolute atomic E-state index is 5.25. The first-order valence-corrected chi connectivity index (χ1v) is 4.21. The molecule has 0 aromatic heterocycles. The minimum Gasteiger partial charge on any atom is -0.403 e. The van der Waals surface area contributed by atoms with Gasteiger partial charge in [0.2, 0.25) is 0 Å². The topological polar surface area (TPSA) is 62.4 Å². The molecule has 0 spiro atoms. The van der Waals surface area contributed by atoms with E-state index in [4.69, 9.17) is 5.73 Å². The van der Waals surface area contributed by atoms with Crippen LogP contribution in [-0.2, 0) is 0 Å². The van der Waals surface area contributed by atoms with Crippen molar-refractivity contribution in [1.82, 2.24) is 10.5 Å². The van der Waals surface area contributed by atoms with Crippen molar-refractivity contribution in [1.29, 1.82) is 0 Å². The fourth-order valence-electron chi connectivity index (χ4n) is 0.524. The molecule has 0 bridgehead atoms. The van der Waals surface area contributed by atoms with Gasteiger partial charge in [-0.3, -0.25) is 0 Å². The monoisotopic (exact) mass is 180 g/mol. The van der Waals surface area contributed by atoms with Crippen LogP contribution in [0.25, 0.3) is 0 Å². The second kappa shape index (κ2) is 7.43. The van der Waals surface area contributed by atoms with E-state index in [1.165, 1.54) is 6.20 Å². The second-order valence-corrected chi connectivity index (χ2v) is 2.62. The standard InChI is InChI=1S/C8H17BN4/c1-8(7-10)12-5-4-6-13-9(2)11-3/h4-7,11-12H,10H2,1-3H3/b5-4?,8-7-,13-6?. The lowest BCUT2D eigenvalue weighted by molar-refractivity contribution is 1.05. The lowest BCUT2D eigenvalue weighted by atomic mass is 9.83. The van der Waals surface area contributed by atoms with E-state index in [1.807, 2.05) is 26.9 Å². The van der Waals surface area contributed by atoms with Gasteiger partial charge in [0.1, 0.15) is 0 Å². The van der Waals surface area contributed by atoms with Gasteiger partial charge >= 0.3 is 6.98 Å². The van der Waals surface area contributed by atoms with Gasteiger partial charge in [0.05, 0.1) is 0 Å². The summed E-state index contributed by atoms with van der Waals surface area (Å²) in [6.07, 6.45) is 6.85. The van der Waals surface area contributed by atoms with E-state index in [2.05, 4.69) is 15.4 Å². The molecule has 72 valence electrons. The third-order valence-electron chi connectivity index (χ3n) is 1.47. The molecule has 0 heterocycles. The molecule has 0 saturated heterocycles. The third kappa shape index (κ3) is 7.15. The summed E-state index contributed by atoms with van der Waals surface area (Å²) in [4.78, 5) is 4.15. The molecule has 0 amide bonds. The van der Waals surface area contributed by atoms with E-state index in [1.54, 1.807) is 12.4 Å². The Labute approximate surface area is 80.1 Å². The highest BCUT2D eigenvalue weighted by Gasteiger charge is 1.95. The average molecular weight is 180 g/mol. The maximum atomic E-state index is 5.25. The van der Waals surface area contributed by atoms with Crippen molar-refractivity contribution in [3.05, 3.63) is 24.2 Å². The quantitative estimate of drug-likeness (QED) is 0.421. The normalized spacial score (nSPS) is 12.7. The molecule has 0 fully saturated rings. The van der Waals surface area contributed by atoms with Crippen LogP contribution < -0.4 is 16.3 Å². The van der Waals surface area contributed by atoms with Crippen molar-refractivity contribution in [3.8, 4) is 0 Å². The Hall–Kier alpha value is -1.23. The van der Waals surface area contributed by atoms with Crippen LogP contribution in [0.5, 0.6) is 0 Å². The summed E-state index contributed by atoms with van der Waals surface area (Å²) in [6, 6.07) is 0. The Morgan fingerprint density at radius 2 is 2.23 bits per heavy atom. The van der Waals surface area contributed by atoms with Crippen LogP contribution in [0.15, 0.2) is 29.1 Å². The van der Waals surface area contributed by atoms with Gasteiger partial charge in [-0.25, -0.2) is 0 Å². The van der Waals surface area contributed by atoms with Gasteiger partial charge in [0, 0.05) is 24.3 Å². The molecule has 0 aliphatic carbocycles. The van der Waals surface area contributed by atoms with Crippen LogP contribution in [0.1, 0.15) is 6.92 Å². The second-order valence-electron chi connectivity index (χ2n) is 2.62. The van der Waals surface area contributed by atoms with Gasteiger partial charge < -0.3 is 21.2 Å². The summed E-state index contributed by atoms with van der Waals surface area (Å²) in [5.41, 5.74) is 6.16. The summed E-state index contributed by atoms with van der Waals surface area (Å²) < 4.78 is 0. The van der Waals surface area contributed by atoms with Crippen LogP contribution in [0.2, 0.25) is 6.82 Å². The molecule has 13 heavy (non-hydrogen) atoms. The highest BCUT2D eigenvalue weighted by molar-refractivity contribution is 6.53. The average Bonchev–Trinajstić information content (AvgIpc) is 2.16. The molecule has 0 aromatic rings. The summed E-state index contributed by atoms with van der Waals surface area (Å²) in [7, 11) is 1.87. The zero-order valence-electron chi connectivity index (χ0n) is 8.41. The van der Waals surface area contributed by atoms with Gasteiger partial charge in [-0.05, 0) is 26.9 Å². The van der Waals surface area contributed by atoms with Crippen molar-refractivity contribution >= 4 is 13.2 Å². The first-order valence-electron chi connectivity index (χ1n) is 4.21. The van der Waals surface area contributed by atoms with E-state index in [-0.39, 0.29) is 6.98 Å². The van der Waals surface area contributed by atoms with E-state index in [0.717, 1.165) is 5.70 Å². The largest absolute Gasteiger partial charge is 0.403 e. The number of allylic oxidation sites excluding steroid dienone is 2. The van der Waals surface area contributed by atoms with Crippen molar-refractivity contribution < 1.29 is 0 Å². The molecule has 0 aliphatic rings. The molecule has 0 rings (SSSR count). The van der Waals surface area contributed by atoms with Gasteiger partial charge in [0.15, 0.2) is 0 Å². The minimum absolute atomic E-state index is 0.149. The Morgan fingerprint density at radius 1 is 1.54 bits per heavy atom. The van der Waals surface area contributed by atoms with Gasteiger partial charge in [0.25, 0.3) is 0 Å². The Balaban J connectivity index is 3.69. The number of hydrogen-bond donors (Lipinski definition) is 3. The molecule has 0 saturated carbocycles. The Kier molecular flexibility index (Phi) is 6.73. The Morgan fingerprint density at radius 3 is 2.77 bits per heavy atom. The Bertz CT molecular complexity index is 210. The highest BCUT2D eigenvalue weighted by Crippen LogP contribution is 1.80. The van der Waals surface area contributed by atoms with Crippen LogP contribution in [0.3, 0.4) is 0 Å². The molecule has 4 nitrogen and oxygen atoms in total. The summed E-state index contributed by atoms with van der Waals surface area (Å²) in [5.74, 6) is 0. The molecule has 0 radical (unpaired) electrons. The van der Waals surface area contributed by atoms with E-state index < -0.39 is 0 Å². The zero-order chi connectivity index (χ0) is 10.1. The molecule has 0 aromatic carbocycles. The lowest BCUT2D eigenvalue weighted by Crippen LogP contribution is -2.24. The summed E-state index contributed by atoms with van der Waals surface area (Å²) in [6.45, 7) is 4.01. The summed E-state index contributed by atoms with van der Waals surface area (Å²) >= 11 is 0. The van der Waals surface area contributed by atoms with Crippen LogP contribution in [-0.4, -0.2) is 20.2 Å². The first-order chi connectivity index (χ1) is 6.20. The van der Waals surface area contributed by atoms with Gasteiger partial charge in [-0.1, -0.05) is 0 Å². The zero-order valence-corrected chi connectivity index (χ0v) is 8.41. The molecule has 4 N–H and O–H groups in total. The molecule has 5 heteroatoms. The third-order valence-corrected chi connectivity index (χ3v) is 1.47. The van der Waals surface area contributed by atoms with E-state index in [9.17, 15) is 0 Å². The molecular weight excluding hydrogens is 163 g/mol. The highest BCUT2D eigenvalue weighted by atomic mass is 14.9. The number of nitrogens with two attached hydrogens (primary N) is 1. The van der Waals surface area contributed by atoms with Crippen molar-refractivity contribution in [2.45, 2.75) is 13.7 Å². The van der Waals surface area contributed by atoms with Crippen LogP contribution >= 0.6 is 0 Å². The SMILES string of the molecule is CNB(C)N=CC=CN/C(C)=C\N. The number of hydrogen-bond acceptors (Lipinski definition) is 4. The van der Waals surface area contributed by atoms with Crippen LogP contribution in [0.4, 0.5) is 0 Å².